The Kier molecular flexibility index (Phi) is 4.39. The fourth-order valence-corrected chi connectivity index (χ4v) is 2.79. The molecule has 0 saturated heterocycles. The third kappa shape index (κ3) is 3.47. The van der Waals surface area contributed by atoms with Gasteiger partial charge in [-0.25, -0.2) is 17.5 Å². The molecular weight excluding hydrogens is 297 g/mol. The molecule has 0 spiro atoms. The van der Waals surface area contributed by atoms with Crippen molar-refractivity contribution in [2.24, 2.45) is 0 Å². The van der Waals surface area contributed by atoms with Gasteiger partial charge in [-0.15, -0.1) is 0 Å². The van der Waals surface area contributed by atoms with Crippen LogP contribution >= 0.6 is 0 Å². The second kappa shape index (κ2) is 6.06. The number of halogens is 1. The third-order valence-electron chi connectivity index (χ3n) is 2.75. The van der Waals surface area contributed by atoms with Crippen LogP contribution in [0.5, 0.6) is 5.75 Å². The number of nitrogens with two attached hydrogens (primary N) is 1. The zero-order chi connectivity index (χ0) is 15.5. The molecule has 2 aromatic rings. The van der Waals surface area contributed by atoms with Gasteiger partial charge in [0.25, 0.3) is 0 Å². The number of nitrogens with zero attached hydrogens (tertiary/aromatic N) is 1. The Morgan fingerprint density at radius 3 is 2.76 bits per heavy atom. The molecule has 0 saturated carbocycles. The molecule has 0 amide bonds. The highest BCUT2D eigenvalue weighted by Gasteiger charge is 2.19. The van der Waals surface area contributed by atoms with E-state index in [0.29, 0.717) is 5.56 Å². The van der Waals surface area contributed by atoms with Gasteiger partial charge >= 0.3 is 0 Å². The molecular formula is C13H14FN3O3S. The third-order valence-corrected chi connectivity index (χ3v) is 4.13. The highest BCUT2D eigenvalue weighted by atomic mass is 32.2. The standard InChI is InChI=1S/C13H14FN3O3S/c1-20-13-11(14)5-10(6-12(13)15)21(18,19)17-8-9-3-2-4-16-7-9/h2-7,17H,8,15H2,1H3. The van der Waals surface area contributed by atoms with Gasteiger partial charge in [0.2, 0.25) is 10.0 Å². The average Bonchev–Trinajstić information content (AvgIpc) is 2.46. The van der Waals surface area contributed by atoms with E-state index in [2.05, 4.69) is 9.71 Å². The summed E-state index contributed by atoms with van der Waals surface area (Å²) in [7, 11) is -2.63. The van der Waals surface area contributed by atoms with Gasteiger partial charge < -0.3 is 10.5 Å². The van der Waals surface area contributed by atoms with Crippen molar-refractivity contribution in [3.05, 3.63) is 48.0 Å². The Morgan fingerprint density at radius 2 is 2.19 bits per heavy atom. The summed E-state index contributed by atoms with van der Waals surface area (Å²) >= 11 is 0. The number of anilines is 1. The maximum Gasteiger partial charge on any atom is 0.241 e. The number of nitrogens with one attached hydrogen (secondary N) is 1. The van der Waals surface area contributed by atoms with Gasteiger partial charge in [0.1, 0.15) is 0 Å². The Morgan fingerprint density at radius 1 is 1.43 bits per heavy atom. The van der Waals surface area contributed by atoms with Crippen LogP contribution in [0.25, 0.3) is 0 Å². The zero-order valence-electron chi connectivity index (χ0n) is 11.2. The molecule has 0 aliphatic carbocycles. The van der Waals surface area contributed by atoms with Crippen molar-refractivity contribution in [1.29, 1.82) is 0 Å². The molecule has 1 aromatic carbocycles. The summed E-state index contributed by atoms with van der Waals surface area (Å²) in [4.78, 5) is 3.62. The maximum absolute atomic E-state index is 13.7. The lowest BCUT2D eigenvalue weighted by atomic mass is 10.3. The van der Waals surface area contributed by atoms with Crippen LogP contribution in [-0.4, -0.2) is 20.5 Å². The van der Waals surface area contributed by atoms with Crippen LogP contribution in [0.4, 0.5) is 10.1 Å². The average molecular weight is 311 g/mol. The van der Waals surface area contributed by atoms with Gasteiger partial charge in [0.05, 0.1) is 17.7 Å². The molecule has 1 aromatic heterocycles. The first-order valence-electron chi connectivity index (χ1n) is 5.95. The van der Waals surface area contributed by atoms with Gasteiger partial charge in [0, 0.05) is 18.9 Å². The molecule has 0 bridgehead atoms. The van der Waals surface area contributed by atoms with Crippen LogP contribution in [0.2, 0.25) is 0 Å². The lowest BCUT2D eigenvalue weighted by molar-refractivity contribution is 0.388. The minimum Gasteiger partial charge on any atom is -0.492 e. The lowest BCUT2D eigenvalue weighted by Crippen LogP contribution is -2.23. The summed E-state index contributed by atoms with van der Waals surface area (Å²) in [6.45, 7) is 0.0454. The lowest BCUT2D eigenvalue weighted by Gasteiger charge is -2.10. The number of ether oxygens (including phenoxy) is 1. The molecule has 8 heteroatoms. The Labute approximate surface area is 121 Å². The van der Waals surface area contributed by atoms with E-state index in [1.54, 1.807) is 18.3 Å². The highest BCUT2D eigenvalue weighted by Crippen LogP contribution is 2.28. The predicted octanol–water partition coefficient (Wildman–Crippen LogP) is 1.29. The predicted molar refractivity (Wildman–Crippen MR) is 75.6 cm³/mol. The molecule has 3 N–H and O–H groups in total. The summed E-state index contributed by atoms with van der Waals surface area (Å²) in [5, 5.41) is 0. The van der Waals surface area contributed by atoms with Crippen molar-refractivity contribution in [2.45, 2.75) is 11.4 Å². The van der Waals surface area contributed by atoms with E-state index in [-0.39, 0.29) is 22.9 Å². The molecule has 1 heterocycles. The van der Waals surface area contributed by atoms with Crippen molar-refractivity contribution >= 4 is 15.7 Å². The molecule has 0 fully saturated rings. The molecule has 0 atom stereocenters. The van der Waals surface area contributed by atoms with Crippen LogP contribution in [0.1, 0.15) is 5.56 Å². The van der Waals surface area contributed by atoms with Crippen LogP contribution < -0.4 is 15.2 Å². The van der Waals surface area contributed by atoms with Gasteiger partial charge in [-0.2, -0.15) is 0 Å². The highest BCUT2D eigenvalue weighted by molar-refractivity contribution is 7.89. The molecule has 112 valence electrons. The first-order chi connectivity index (χ1) is 9.94. The van der Waals surface area contributed by atoms with E-state index in [4.69, 9.17) is 10.5 Å². The topological polar surface area (TPSA) is 94.3 Å². The maximum atomic E-state index is 13.7. The van der Waals surface area contributed by atoms with E-state index in [9.17, 15) is 12.8 Å². The SMILES string of the molecule is COc1c(N)cc(S(=O)(=O)NCc2cccnc2)cc1F. The summed E-state index contributed by atoms with van der Waals surface area (Å²) in [6.07, 6.45) is 3.11. The second-order valence-electron chi connectivity index (χ2n) is 4.21. The zero-order valence-corrected chi connectivity index (χ0v) is 12.0. The number of methoxy groups -OCH3 is 1. The van der Waals surface area contributed by atoms with Crippen molar-refractivity contribution < 1.29 is 17.5 Å². The Balaban J connectivity index is 2.24. The normalized spacial score (nSPS) is 11.3. The molecule has 0 unspecified atom stereocenters. The minimum atomic E-state index is -3.88. The number of sulfonamides is 1. The summed E-state index contributed by atoms with van der Waals surface area (Å²) in [5.74, 6) is -1.01. The van der Waals surface area contributed by atoms with Gasteiger partial charge in [-0.3, -0.25) is 4.98 Å². The molecule has 0 radical (unpaired) electrons. The second-order valence-corrected chi connectivity index (χ2v) is 5.98. The van der Waals surface area contributed by atoms with Crippen molar-refractivity contribution in [3.63, 3.8) is 0 Å². The number of pyridine rings is 1. The molecule has 21 heavy (non-hydrogen) atoms. The quantitative estimate of drug-likeness (QED) is 0.811. The fourth-order valence-electron chi connectivity index (χ4n) is 1.72. The van der Waals surface area contributed by atoms with Gasteiger partial charge in [0.15, 0.2) is 11.6 Å². The number of hydrogen-bond donors (Lipinski definition) is 2. The number of aromatic nitrogens is 1. The van der Waals surface area contributed by atoms with Crippen LogP contribution in [-0.2, 0) is 16.6 Å². The Hall–Kier alpha value is -2.19. The first-order valence-corrected chi connectivity index (χ1v) is 7.44. The summed E-state index contributed by atoms with van der Waals surface area (Å²) in [5.41, 5.74) is 6.17. The number of rotatable bonds is 5. The van der Waals surface area contributed by atoms with Crippen LogP contribution in [0.15, 0.2) is 41.6 Å². The molecule has 2 rings (SSSR count). The van der Waals surface area contributed by atoms with Crippen molar-refractivity contribution in [2.75, 3.05) is 12.8 Å². The number of benzene rings is 1. The summed E-state index contributed by atoms with van der Waals surface area (Å²) in [6, 6.07) is 5.42. The van der Waals surface area contributed by atoms with Crippen molar-refractivity contribution in [3.8, 4) is 5.75 Å². The van der Waals surface area contributed by atoms with Gasteiger partial charge in [-0.05, 0) is 23.8 Å². The van der Waals surface area contributed by atoms with E-state index >= 15 is 0 Å². The fraction of sp³-hybridized carbons (Fsp3) is 0.154. The van der Waals surface area contributed by atoms with Crippen LogP contribution in [0, 0.1) is 5.82 Å². The molecule has 0 aliphatic heterocycles. The summed E-state index contributed by atoms with van der Waals surface area (Å²) < 4.78 is 45.0. The monoisotopic (exact) mass is 311 g/mol. The Bertz CT molecular complexity index is 713. The molecule has 0 aliphatic rings. The van der Waals surface area contributed by atoms with Gasteiger partial charge in [-0.1, -0.05) is 6.07 Å². The van der Waals surface area contributed by atoms with Crippen LogP contribution in [0.3, 0.4) is 0 Å². The molecule has 6 nitrogen and oxygen atoms in total. The van der Waals surface area contributed by atoms with E-state index in [1.165, 1.54) is 13.3 Å². The first kappa shape index (κ1) is 15.2. The smallest absolute Gasteiger partial charge is 0.241 e. The van der Waals surface area contributed by atoms with E-state index in [0.717, 1.165) is 12.1 Å². The number of nitrogen functional groups attached to an aromatic ring is 1. The largest absolute Gasteiger partial charge is 0.492 e. The van der Waals surface area contributed by atoms with E-state index < -0.39 is 15.8 Å². The minimum absolute atomic E-state index is 0.0454. The van der Waals surface area contributed by atoms with Crippen molar-refractivity contribution in [1.82, 2.24) is 9.71 Å². The number of hydrogen-bond acceptors (Lipinski definition) is 5. The van der Waals surface area contributed by atoms with E-state index in [1.807, 2.05) is 0 Å².